The summed E-state index contributed by atoms with van der Waals surface area (Å²) in [7, 11) is 0. The molecule has 2 aromatic carbocycles. The van der Waals surface area contributed by atoms with E-state index in [4.69, 9.17) is 4.74 Å². The van der Waals surface area contributed by atoms with E-state index < -0.39 is 6.10 Å². The van der Waals surface area contributed by atoms with Gasteiger partial charge in [0.05, 0.1) is 19.3 Å². The highest BCUT2D eigenvalue weighted by molar-refractivity contribution is 5.70. The maximum atomic E-state index is 9.90. The smallest absolute Gasteiger partial charge is 0.0767 e. The van der Waals surface area contributed by atoms with Gasteiger partial charge in [0.25, 0.3) is 0 Å². The number of nitrogens with zero attached hydrogens (tertiary/aromatic N) is 1. The molecule has 0 aromatic heterocycles. The highest BCUT2D eigenvalue weighted by atomic mass is 16.5. The highest BCUT2D eigenvalue weighted by Crippen LogP contribution is 2.29. The average molecular weight is 283 g/mol. The zero-order chi connectivity index (χ0) is 14.7. The van der Waals surface area contributed by atoms with Crippen molar-refractivity contribution in [2.45, 2.75) is 13.0 Å². The predicted octanol–water partition coefficient (Wildman–Crippen LogP) is 3.24. The van der Waals surface area contributed by atoms with Crippen molar-refractivity contribution in [1.82, 2.24) is 0 Å². The lowest BCUT2D eigenvalue weighted by Gasteiger charge is -2.29. The van der Waals surface area contributed by atoms with Crippen LogP contribution >= 0.6 is 0 Å². The van der Waals surface area contributed by atoms with Crippen molar-refractivity contribution in [1.29, 1.82) is 0 Å². The van der Waals surface area contributed by atoms with Gasteiger partial charge < -0.3 is 14.7 Å². The van der Waals surface area contributed by atoms with Crippen molar-refractivity contribution in [3.63, 3.8) is 0 Å². The summed E-state index contributed by atoms with van der Waals surface area (Å²) in [5, 5.41) is 9.90. The zero-order valence-corrected chi connectivity index (χ0v) is 12.3. The Kier molecular flexibility index (Phi) is 4.23. The first-order valence-corrected chi connectivity index (χ1v) is 7.46. The third-order valence-corrected chi connectivity index (χ3v) is 3.97. The van der Waals surface area contributed by atoms with Crippen LogP contribution in [0.1, 0.15) is 18.6 Å². The first kappa shape index (κ1) is 14.1. The molecule has 21 heavy (non-hydrogen) atoms. The van der Waals surface area contributed by atoms with Gasteiger partial charge in [0.1, 0.15) is 0 Å². The van der Waals surface area contributed by atoms with Gasteiger partial charge in [-0.3, -0.25) is 0 Å². The van der Waals surface area contributed by atoms with Gasteiger partial charge in [0.15, 0.2) is 0 Å². The molecule has 1 N–H and O–H groups in total. The van der Waals surface area contributed by atoms with Crippen LogP contribution in [0.2, 0.25) is 0 Å². The first-order chi connectivity index (χ1) is 10.3. The molecule has 0 bridgehead atoms. The summed E-state index contributed by atoms with van der Waals surface area (Å²) in [6.07, 6.45) is -0.458. The van der Waals surface area contributed by atoms with Gasteiger partial charge >= 0.3 is 0 Å². The number of rotatable bonds is 3. The molecule has 1 aliphatic heterocycles. The molecule has 1 atom stereocenters. The van der Waals surface area contributed by atoms with Crippen LogP contribution in [-0.2, 0) is 4.74 Å². The van der Waals surface area contributed by atoms with Gasteiger partial charge in [0.2, 0.25) is 0 Å². The minimum absolute atomic E-state index is 0.458. The van der Waals surface area contributed by atoms with E-state index >= 15 is 0 Å². The number of hydrogen-bond acceptors (Lipinski definition) is 3. The van der Waals surface area contributed by atoms with E-state index in [-0.39, 0.29) is 0 Å². The number of ether oxygens (including phenoxy) is 1. The van der Waals surface area contributed by atoms with Crippen LogP contribution in [0.15, 0.2) is 48.5 Å². The van der Waals surface area contributed by atoms with Crippen molar-refractivity contribution >= 4 is 5.69 Å². The van der Waals surface area contributed by atoms with Gasteiger partial charge in [-0.1, -0.05) is 36.4 Å². The summed E-state index contributed by atoms with van der Waals surface area (Å²) in [6, 6.07) is 16.6. The normalized spacial score (nSPS) is 16.8. The summed E-state index contributed by atoms with van der Waals surface area (Å²) in [6.45, 7) is 5.30. The largest absolute Gasteiger partial charge is 0.389 e. The molecule has 110 valence electrons. The van der Waals surface area contributed by atoms with E-state index in [1.54, 1.807) is 6.92 Å². The molecule has 1 unspecified atom stereocenters. The Morgan fingerprint density at radius 1 is 1.00 bits per heavy atom. The number of aliphatic hydroxyl groups is 1. The Bertz CT molecular complexity index is 586. The van der Waals surface area contributed by atoms with Crippen LogP contribution in [0.3, 0.4) is 0 Å². The monoisotopic (exact) mass is 283 g/mol. The summed E-state index contributed by atoms with van der Waals surface area (Å²) in [5.41, 5.74) is 4.44. The fraction of sp³-hybridized carbons (Fsp3) is 0.333. The lowest BCUT2D eigenvalue weighted by molar-refractivity contribution is 0.122. The van der Waals surface area contributed by atoms with Crippen LogP contribution in [0.5, 0.6) is 0 Å². The molecule has 3 heteroatoms. The number of aliphatic hydroxyl groups excluding tert-OH is 1. The van der Waals surface area contributed by atoms with E-state index in [0.29, 0.717) is 0 Å². The molecule has 1 aliphatic rings. The predicted molar refractivity (Wildman–Crippen MR) is 85.5 cm³/mol. The molecule has 1 heterocycles. The Hall–Kier alpha value is -1.84. The Balaban J connectivity index is 1.87. The number of benzene rings is 2. The fourth-order valence-electron chi connectivity index (χ4n) is 2.80. The quantitative estimate of drug-likeness (QED) is 0.938. The van der Waals surface area contributed by atoms with Crippen molar-refractivity contribution in [2.24, 2.45) is 0 Å². The third kappa shape index (κ3) is 3.09. The standard InChI is InChI=1S/C18H21NO2/c1-14(20)17-4-2-3-5-18(17)15-6-8-16(9-7-15)19-10-12-21-13-11-19/h2-9,14,20H,10-13H2,1H3. The average Bonchev–Trinajstić information content (AvgIpc) is 2.56. The second-order valence-electron chi connectivity index (χ2n) is 5.41. The molecule has 3 rings (SSSR count). The summed E-state index contributed by atoms with van der Waals surface area (Å²) in [5.74, 6) is 0. The molecule has 1 fully saturated rings. The van der Waals surface area contributed by atoms with Crippen LogP contribution in [0.25, 0.3) is 11.1 Å². The topological polar surface area (TPSA) is 32.7 Å². The molecule has 1 saturated heterocycles. The Labute approximate surface area is 125 Å². The van der Waals surface area contributed by atoms with Crippen LogP contribution in [0, 0.1) is 0 Å². The minimum Gasteiger partial charge on any atom is -0.389 e. The van der Waals surface area contributed by atoms with Crippen molar-refractivity contribution in [3.8, 4) is 11.1 Å². The van der Waals surface area contributed by atoms with Crippen LogP contribution in [-0.4, -0.2) is 31.4 Å². The lowest BCUT2D eigenvalue weighted by Crippen LogP contribution is -2.36. The zero-order valence-electron chi connectivity index (χ0n) is 12.3. The highest BCUT2D eigenvalue weighted by Gasteiger charge is 2.12. The number of morpholine rings is 1. The van der Waals surface area contributed by atoms with Crippen LogP contribution < -0.4 is 4.90 Å². The Morgan fingerprint density at radius 3 is 2.33 bits per heavy atom. The molecule has 0 amide bonds. The van der Waals surface area contributed by atoms with Gasteiger partial charge in [-0.15, -0.1) is 0 Å². The van der Waals surface area contributed by atoms with Crippen molar-refractivity contribution < 1.29 is 9.84 Å². The molecule has 0 radical (unpaired) electrons. The summed E-state index contributed by atoms with van der Waals surface area (Å²) < 4.78 is 5.39. The second-order valence-corrected chi connectivity index (χ2v) is 5.41. The molecule has 3 nitrogen and oxygen atoms in total. The third-order valence-electron chi connectivity index (χ3n) is 3.97. The molecule has 0 saturated carbocycles. The SMILES string of the molecule is CC(O)c1ccccc1-c1ccc(N2CCOCC2)cc1. The molecule has 2 aromatic rings. The summed E-state index contributed by atoms with van der Waals surface area (Å²) >= 11 is 0. The Morgan fingerprint density at radius 2 is 1.67 bits per heavy atom. The summed E-state index contributed by atoms with van der Waals surface area (Å²) in [4.78, 5) is 2.34. The maximum Gasteiger partial charge on any atom is 0.0767 e. The second kappa shape index (κ2) is 6.29. The van der Waals surface area contributed by atoms with E-state index in [0.717, 1.165) is 43.0 Å². The van der Waals surface area contributed by atoms with Gasteiger partial charge in [-0.25, -0.2) is 0 Å². The molecule has 0 aliphatic carbocycles. The fourth-order valence-corrected chi connectivity index (χ4v) is 2.80. The van der Waals surface area contributed by atoms with E-state index in [1.165, 1.54) is 5.69 Å². The van der Waals surface area contributed by atoms with E-state index in [9.17, 15) is 5.11 Å². The minimum atomic E-state index is -0.458. The van der Waals surface area contributed by atoms with Crippen LogP contribution in [0.4, 0.5) is 5.69 Å². The maximum absolute atomic E-state index is 9.90. The van der Waals surface area contributed by atoms with Gasteiger partial charge in [-0.05, 0) is 35.7 Å². The number of hydrogen-bond donors (Lipinski definition) is 1. The van der Waals surface area contributed by atoms with Gasteiger partial charge in [0, 0.05) is 18.8 Å². The lowest BCUT2D eigenvalue weighted by atomic mass is 9.96. The molecular weight excluding hydrogens is 262 g/mol. The van der Waals surface area contributed by atoms with Gasteiger partial charge in [-0.2, -0.15) is 0 Å². The molecular formula is C18H21NO2. The van der Waals surface area contributed by atoms with Crippen molar-refractivity contribution in [2.75, 3.05) is 31.2 Å². The number of anilines is 1. The molecule has 0 spiro atoms. The van der Waals surface area contributed by atoms with Crippen molar-refractivity contribution in [3.05, 3.63) is 54.1 Å². The first-order valence-electron chi connectivity index (χ1n) is 7.46. The van der Waals surface area contributed by atoms with E-state index in [1.807, 2.05) is 18.2 Å². The van der Waals surface area contributed by atoms with E-state index in [2.05, 4.69) is 35.2 Å².